The Hall–Kier alpha value is -0.330. The second-order valence-electron chi connectivity index (χ2n) is 0.994. The maximum absolute atomic E-state index is 6.29. The van der Waals surface area contributed by atoms with Crippen molar-refractivity contribution in [3.63, 3.8) is 0 Å². The molecule has 7 heavy (non-hydrogen) atoms. The van der Waals surface area contributed by atoms with Crippen LogP contribution in [0.4, 0.5) is 0 Å². The van der Waals surface area contributed by atoms with Crippen molar-refractivity contribution in [1.29, 1.82) is 5.41 Å². The molecule has 0 aromatic rings. The topological polar surface area (TPSA) is 36.2 Å². The van der Waals surface area contributed by atoms with E-state index in [-0.39, 0.29) is 12.4 Å². The Balaban J connectivity index is 0. The zero-order chi connectivity index (χ0) is 4.83. The molecule has 0 atom stereocenters. The monoisotopic (exact) mass is 120 g/mol. The van der Waals surface area contributed by atoms with Gasteiger partial charge < -0.3 is 0 Å². The van der Waals surface area contributed by atoms with Crippen LogP contribution in [0.1, 0.15) is 13.3 Å². The summed E-state index contributed by atoms with van der Waals surface area (Å²) in [5, 5.41) is 6.29. The van der Waals surface area contributed by atoms with Crippen molar-refractivity contribution in [3.8, 4) is 0 Å². The van der Waals surface area contributed by atoms with Gasteiger partial charge in [0.15, 0.2) is 0 Å². The maximum Gasteiger partial charge on any atom is 0.0861 e. The van der Waals surface area contributed by atoms with Gasteiger partial charge in [-0.25, -0.2) is 10.4 Å². The third-order valence-corrected chi connectivity index (χ3v) is 0.414. The fourth-order valence-electron chi connectivity index (χ4n) is 0.168. The molecule has 0 spiro atoms. The molecule has 0 bridgehead atoms. The minimum atomic E-state index is 0. The summed E-state index contributed by atoms with van der Waals surface area (Å²) in [5.74, 6) is 0. The Kier molecular flexibility index (Phi) is 12.9. The molecule has 0 heterocycles. The van der Waals surface area contributed by atoms with Crippen LogP contribution >= 0.6 is 12.4 Å². The minimum Gasteiger partial charge on any atom is -0.242 e. The van der Waals surface area contributed by atoms with E-state index in [9.17, 15) is 0 Å². The van der Waals surface area contributed by atoms with Crippen LogP contribution in [0.15, 0.2) is 4.99 Å². The van der Waals surface area contributed by atoms with Crippen LogP contribution in [0.25, 0.3) is 0 Å². The van der Waals surface area contributed by atoms with E-state index < -0.39 is 0 Å². The summed E-state index contributed by atoms with van der Waals surface area (Å²) in [6.07, 6.45) is 1.01. The van der Waals surface area contributed by atoms with E-state index in [0.29, 0.717) is 0 Å². The van der Waals surface area contributed by atoms with Gasteiger partial charge in [0.05, 0.1) is 6.01 Å². The van der Waals surface area contributed by atoms with Crippen molar-refractivity contribution >= 4 is 18.4 Å². The van der Waals surface area contributed by atoms with Gasteiger partial charge in [0, 0.05) is 6.54 Å². The van der Waals surface area contributed by atoms with Crippen molar-refractivity contribution < 1.29 is 0 Å². The quantitative estimate of drug-likeness (QED) is 0.537. The van der Waals surface area contributed by atoms with Crippen LogP contribution < -0.4 is 0 Å². The highest BCUT2D eigenvalue weighted by Gasteiger charge is 1.64. The standard InChI is InChI=1S/C4H8N2.ClH/c1-2-3-6-4-5;/h5H,2-3H2,1H3;1H. The minimum absolute atomic E-state index is 0. The first-order valence-corrected chi connectivity index (χ1v) is 2.00. The highest BCUT2D eigenvalue weighted by Crippen LogP contribution is 1.71. The van der Waals surface area contributed by atoms with Crippen molar-refractivity contribution in [1.82, 2.24) is 0 Å². The molecule has 0 saturated heterocycles. The summed E-state index contributed by atoms with van der Waals surface area (Å²) in [6, 6.07) is 1.94. The van der Waals surface area contributed by atoms with Gasteiger partial charge in [-0.1, -0.05) is 6.92 Å². The Morgan fingerprint density at radius 3 is 2.43 bits per heavy atom. The number of hydrogen-bond acceptors (Lipinski definition) is 2. The van der Waals surface area contributed by atoms with Crippen LogP contribution in [0.3, 0.4) is 0 Å². The van der Waals surface area contributed by atoms with Crippen LogP contribution in [0.5, 0.6) is 0 Å². The molecular weight excluding hydrogens is 112 g/mol. The fourth-order valence-corrected chi connectivity index (χ4v) is 0.168. The Morgan fingerprint density at radius 2 is 2.29 bits per heavy atom. The van der Waals surface area contributed by atoms with E-state index in [1.54, 1.807) is 0 Å². The van der Waals surface area contributed by atoms with Gasteiger partial charge in [-0.05, 0) is 6.42 Å². The van der Waals surface area contributed by atoms with Crippen molar-refractivity contribution in [3.05, 3.63) is 0 Å². The molecule has 3 heteroatoms. The summed E-state index contributed by atoms with van der Waals surface area (Å²) >= 11 is 0. The molecule has 0 rings (SSSR count). The molecule has 0 aromatic heterocycles. The molecule has 42 valence electrons. The lowest BCUT2D eigenvalue weighted by atomic mass is 10.5. The number of rotatable bonds is 2. The predicted octanol–water partition coefficient (Wildman–Crippen LogP) is 1.57. The highest BCUT2D eigenvalue weighted by molar-refractivity contribution is 5.85. The molecule has 0 fully saturated rings. The third-order valence-electron chi connectivity index (χ3n) is 0.414. The summed E-state index contributed by atoms with van der Waals surface area (Å²) in [4.78, 5) is 3.51. The predicted molar refractivity (Wildman–Crippen MR) is 32.6 cm³/mol. The van der Waals surface area contributed by atoms with Gasteiger partial charge in [-0.2, -0.15) is 0 Å². The van der Waals surface area contributed by atoms with E-state index in [1.165, 1.54) is 0 Å². The Morgan fingerprint density at radius 1 is 1.71 bits per heavy atom. The van der Waals surface area contributed by atoms with Gasteiger partial charge in [0.2, 0.25) is 0 Å². The van der Waals surface area contributed by atoms with Gasteiger partial charge in [0.25, 0.3) is 0 Å². The second-order valence-corrected chi connectivity index (χ2v) is 0.994. The molecule has 0 aromatic carbocycles. The molecule has 0 saturated carbocycles. The summed E-state index contributed by atoms with van der Waals surface area (Å²) in [6.45, 7) is 2.75. The van der Waals surface area contributed by atoms with Crippen LogP contribution in [0.2, 0.25) is 0 Å². The normalized spacial score (nSPS) is 5.86. The molecular formula is C4H9ClN2. The van der Waals surface area contributed by atoms with Gasteiger partial charge in [-0.3, -0.25) is 0 Å². The number of nitrogens with zero attached hydrogens (tertiary/aromatic N) is 1. The van der Waals surface area contributed by atoms with Crippen molar-refractivity contribution in [2.45, 2.75) is 13.3 Å². The molecule has 0 unspecified atom stereocenters. The average molecular weight is 121 g/mol. The molecule has 2 nitrogen and oxygen atoms in total. The largest absolute Gasteiger partial charge is 0.242 e. The molecule has 0 aliphatic rings. The summed E-state index contributed by atoms with van der Waals surface area (Å²) < 4.78 is 0. The van der Waals surface area contributed by atoms with Crippen molar-refractivity contribution in [2.75, 3.05) is 6.54 Å². The molecule has 0 radical (unpaired) electrons. The van der Waals surface area contributed by atoms with E-state index in [1.807, 2.05) is 12.9 Å². The van der Waals surface area contributed by atoms with Crippen LogP contribution in [-0.4, -0.2) is 12.6 Å². The smallest absolute Gasteiger partial charge is 0.0861 e. The lowest BCUT2D eigenvalue weighted by Crippen LogP contribution is -1.68. The molecule has 1 N–H and O–H groups in total. The van der Waals surface area contributed by atoms with E-state index in [4.69, 9.17) is 5.41 Å². The van der Waals surface area contributed by atoms with Crippen LogP contribution in [0, 0.1) is 5.41 Å². The van der Waals surface area contributed by atoms with E-state index >= 15 is 0 Å². The molecule has 0 aliphatic heterocycles. The van der Waals surface area contributed by atoms with Gasteiger partial charge in [0.1, 0.15) is 0 Å². The number of hydrogen-bond donors (Lipinski definition) is 1. The zero-order valence-electron chi connectivity index (χ0n) is 4.27. The molecule has 0 amide bonds. The first kappa shape index (κ1) is 9.83. The first-order chi connectivity index (χ1) is 2.91. The maximum atomic E-state index is 6.29. The van der Waals surface area contributed by atoms with Crippen LogP contribution in [-0.2, 0) is 0 Å². The summed E-state index contributed by atoms with van der Waals surface area (Å²) in [5.41, 5.74) is 0. The van der Waals surface area contributed by atoms with Crippen molar-refractivity contribution in [2.24, 2.45) is 4.99 Å². The molecule has 0 aliphatic carbocycles. The van der Waals surface area contributed by atoms with Gasteiger partial charge in [-0.15, -0.1) is 12.4 Å². The van der Waals surface area contributed by atoms with Gasteiger partial charge >= 0.3 is 0 Å². The fraction of sp³-hybridized carbons (Fsp3) is 0.750. The first-order valence-electron chi connectivity index (χ1n) is 2.00. The Labute approximate surface area is 49.6 Å². The number of aliphatic imine (C=N–C) groups is 1. The lowest BCUT2D eigenvalue weighted by Gasteiger charge is -1.73. The number of halogens is 1. The lowest BCUT2D eigenvalue weighted by molar-refractivity contribution is 0.936. The van der Waals surface area contributed by atoms with E-state index in [2.05, 4.69) is 4.99 Å². The third kappa shape index (κ3) is 10.7. The highest BCUT2D eigenvalue weighted by atomic mass is 35.5. The number of nitrogens with one attached hydrogen (secondary N) is 1. The Bertz CT molecular complexity index is 66.1. The second kappa shape index (κ2) is 9.18. The SMILES string of the molecule is CCCN=C=N.Cl. The van der Waals surface area contributed by atoms with E-state index in [0.717, 1.165) is 13.0 Å². The zero-order valence-corrected chi connectivity index (χ0v) is 5.09. The summed E-state index contributed by atoms with van der Waals surface area (Å²) in [7, 11) is 0. The average Bonchev–Trinajstić information content (AvgIpc) is 1.61.